The predicted molar refractivity (Wildman–Crippen MR) is 82.3 cm³/mol. The summed E-state index contributed by atoms with van der Waals surface area (Å²) in [6.45, 7) is 1.22. The maximum absolute atomic E-state index is 12.1. The molecular weight excluding hydrogens is 290 g/mol. The summed E-state index contributed by atoms with van der Waals surface area (Å²) >= 11 is 0. The van der Waals surface area contributed by atoms with Crippen molar-refractivity contribution in [3.8, 4) is 11.5 Å². The molecule has 1 aromatic carbocycles. The van der Waals surface area contributed by atoms with E-state index >= 15 is 0 Å². The average Bonchev–Trinajstić information content (AvgIpc) is 2.52. The smallest absolute Gasteiger partial charge is 0.222 e. The van der Waals surface area contributed by atoms with Crippen LogP contribution in [-0.4, -0.2) is 53.8 Å². The third-order valence-electron chi connectivity index (χ3n) is 3.61. The Morgan fingerprint density at radius 1 is 1.19 bits per heavy atom. The fourth-order valence-corrected chi connectivity index (χ4v) is 3.38. The van der Waals surface area contributed by atoms with E-state index < -0.39 is 10.8 Å². The number of nitrogens with zero attached hydrogens (tertiary/aromatic N) is 1. The number of rotatable bonds is 5. The van der Waals surface area contributed by atoms with Gasteiger partial charge in [0.25, 0.3) is 0 Å². The Hall–Kier alpha value is -1.56. The van der Waals surface area contributed by atoms with Gasteiger partial charge in [-0.2, -0.15) is 0 Å². The van der Waals surface area contributed by atoms with Crippen molar-refractivity contribution in [3.05, 3.63) is 23.8 Å². The van der Waals surface area contributed by atoms with Crippen molar-refractivity contribution in [2.24, 2.45) is 0 Å². The lowest BCUT2D eigenvalue weighted by molar-refractivity contribution is -0.130. The Kier molecular flexibility index (Phi) is 5.61. The Balaban J connectivity index is 1.90. The highest BCUT2D eigenvalue weighted by Gasteiger charge is 2.19. The summed E-state index contributed by atoms with van der Waals surface area (Å²) < 4.78 is 21.7. The minimum absolute atomic E-state index is 0.126. The van der Waals surface area contributed by atoms with E-state index in [2.05, 4.69) is 0 Å². The molecule has 1 amide bonds. The number of amides is 1. The number of methoxy groups -OCH3 is 2. The topological polar surface area (TPSA) is 55.8 Å². The molecule has 1 fully saturated rings. The second kappa shape index (κ2) is 7.45. The SMILES string of the molecule is COc1ccc(CCC(=O)N2CCS(=O)CC2)cc1OC. The molecule has 0 spiro atoms. The number of benzene rings is 1. The van der Waals surface area contributed by atoms with Crippen molar-refractivity contribution in [3.63, 3.8) is 0 Å². The Morgan fingerprint density at radius 3 is 2.48 bits per heavy atom. The molecule has 21 heavy (non-hydrogen) atoms. The fraction of sp³-hybridized carbons (Fsp3) is 0.533. The van der Waals surface area contributed by atoms with Crippen LogP contribution in [0.2, 0.25) is 0 Å². The zero-order valence-electron chi connectivity index (χ0n) is 12.5. The highest BCUT2D eigenvalue weighted by atomic mass is 32.2. The highest BCUT2D eigenvalue weighted by Crippen LogP contribution is 2.28. The van der Waals surface area contributed by atoms with E-state index in [0.717, 1.165) is 5.56 Å². The molecule has 1 saturated heterocycles. The van der Waals surface area contributed by atoms with Crippen LogP contribution in [-0.2, 0) is 22.0 Å². The molecule has 5 nitrogen and oxygen atoms in total. The maximum Gasteiger partial charge on any atom is 0.222 e. The molecule has 1 aliphatic heterocycles. The fourth-order valence-electron chi connectivity index (χ4n) is 2.33. The van der Waals surface area contributed by atoms with E-state index in [-0.39, 0.29) is 5.91 Å². The molecule has 0 N–H and O–H groups in total. The van der Waals surface area contributed by atoms with Crippen LogP contribution in [0, 0.1) is 0 Å². The molecule has 0 unspecified atom stereocenters. The highest BCUT2D eigenvalue weighted by molar-refractivity contribution is 7.85. The van der Waals surface area contributed by atoms with Gasteiger partial charge in [-0.15, -0.1) is 0 Å². The molecule has 1 aromatic rings. The van der Waals surface area contributed by atoms with Crippen LogP contribution in [0.3, 0.4) is 0 Å². The van der Waals surface area contributed by atoms with Crippen LogP contribution in [0.4, 0.5) is 0 Å². The molecule has 1 aliphatic rings. The van der Waals surface area contributed by atoms with E-state index in [1.807, 2.05) is 23.1 Å². The molecular formula is C15H21NO4S. The lowest BCUT2D eigenvalue weighted by Crippen LogP contribution is -2.41. The van der Waals surface area contributed by atoms with E-state index in [9.17, 15) is 9.00 Å². The van der Waals surface area contributed by atoms with E-state index in [4.69, 9.17) is 9.47 Å². The molecule has 116 valence electrons. The lowest BCUT2D eigenvalue weighted by Gasteiger charge is -2.26. The first-order chi connectivity index (χ1) is 10.1. The van der Waals surface area contributed by atoms with Gasteiger partial charge in [0.1, 0.15) is 0 Å². The first-order valence-corrected chi connectivity index (χ1v) is 8.46. The summed E-state index contributed by atoms with van der Waals surface area (Å²) in [6.07, 6.45) is 1.13. The van der Waals surface area contributed by atoms with Gasteiger partial charge in [0, 0.05) is 41.8 Å². The zero-order chi connectivity index (χ0) is 15.2. The molecule has 0 saturated carbocycles. The van der Waals surface area contributed by atoms with Crippen molar-refractivity contribution < 1.29 is 18.5 Å². The average molecular weight is 311 g/mol. The normalized spacial score (nSPS) is 15.8. The third-order valence-corrected chi connectivity index (χ3v) is 4.88. The van der Waals surface area contributed by atoms with Gasteiger partial charge in [0.2, 0.25) is 5.91 Å². The molecule has 0 aliphatic carbocycles. The van der Waals surface area contributed by atoms with Gasteiger partial charge in [-0.1, -0.05) is 6.07 Å². The van der Waals surface area contributed by atoms with E-state index in [1.165, 1.54) is 0 Å². The monoisotopic (exact) mass is 311 g/mol. The summed E-state index contributed by atoms with van der Waals surface area (Å²) in [6, 6.07) is 5.69. The predicted octanol–water partition coefficient (Wildman–Crippen LogP) is 1.23. The van der Waals surface area contributed by atoms with Crippen LogP contribution in [0.25, 0.3) is 0 Å². The van der Waals surface area contributed by atoms with Crippen molar-refractivity contribution >= 4 is 16.7 Å². The van der Waals surface area contributed by atoms with Crippen LogP contribution < -0.4 is 9.47 Å². The summed E-state index contributed by atoms with van der Waals surface area (Å²) in [7, 11) is 2.45. The number of hydrogen-bond acceptors (Lipinski definition) is 4. The third kappa shape index (κ3) is 4.20. The van der Waals surface area contributed by atoms with Gasteiger partial charge in [-0.3, -0.25) is 9.00 Å². The van der Waals surface area contributed by atoms with Crippen molar-refractivity contribution in [1.29, 1.82) is 0 Å². The first-order valence-electron chi connectivity index (χ1n) is 6.97. The molecule has 1 heterocycles. The summed E-state index contributed by atoms with van der Waals surface area (Å²) in [4.78, 5) is 13.9. The molecule has 0 aromatic heterocycles. The number of aryl methyl sites for hydroxylation is 1. The first kappa shape index (κ1) is 15.8. The van der Waals surface area contributed by atoms with Crippen LogP contribution in [0.15, 0.2) is 18.2 Å². The molecule has 0 atom stereocenters. The van der Waals surface area contributed by atoms with Crippen molar-refractivity contribution in [1.82, 2.24) is 4.90 Å². The summed E-state index contributed by atoms with van der Waals surface area (Å²) in [5.41, 5.74) is 1.04. The van der Waals surface area contributed by atoms with Crippen molar-refractivity contribution in [2.45, 2.75) is 12.8 Å². The van der Waals surface area contributed by atoms with Crippen LogP contribution in [0.1, 0.15) is 12.0 Å². The van der Waals surface area contributed by atoms with Gasteiger partial charge in [-0.05, 0) is 24.1 Å². The maximum atomic E-state index is 12.1. The molecule has 2 rings (SSSR count). The minimum atomic E-state index is -0.750. The molecule has 0 bridgehead atoms. The standard InChI is InChI=1S/C15H21NO4S/c1-19-13-5-3-12(11-14(13)20-2)4-6-15(17)16-7-9-21(18)10-8-16/h3,5,11H,4,6-10H2,1-2H3. The van der Waals surface area contributed by atoms with Gasteiger partial charge in [0.05, 0.1) is 14.2 Å². The Morgan fingerprint density at radius 2 is 1.86 bits per heavy atom. The van der Waals surface area contributed by atoms with Gasteiger partial charge < -0.3 is 14.4 Å². The minimum Gasteiger partial charge on any atom is -0.493 e. The number of hydrogen-bond donors (Lipinski definition) is 0. The number of ether oxygens (including phenoxy) is 2. The number of carbonyl (C=O) groups is 1. The largest absolute Gasteiger partial charge is 0.493 e. The van der Waals surface area contributed by atoms with Gasteiger partial charge >= 0.3 is 0 Å². The van der Waals surface area contributed by atoms with E-state index in [1.54, 1.807) is 14.2 Å². The second-order valence-electron chi connectivity index (χ2n) is 4.92. The second-order valence-corrected chi connectivity index (χ2v) is 6.61. The lowest BCUT2D eigenvalue weighted by atomic mass is 10.1. The van der Waals surface area contributed by atoms with Gasteiger partial charge in [0.15, 0.2) is 11.5 Å². The molecule has 6 heteroatoms. The summed E-state index contributed by atoms with van der Waals surface area (Å²) in [5, 5.41) is 0. The number of carbonyl (C=O) groups excluding carboxylic acids is 1. The zero-order valence-corrected chi connectivity index (χ0v) is 13.3. The van der Waals surface area contributed by atoms with Gasteiger partial charge in [-0.25, -0.2) is 0 Å². The molecule has 0 radical (unpaired) electrons. The van der Waals surface area contributed by atoms with Crippen LogP contribution >= 0.6 is 0 Å². The van der Waals surface area contributed by atoms with E-state index in [0.29, 0.717) is 48.9 Å². The summed E-state index contributed by atoms with van der Waals surface area (Å²) in [5.74, 6) is 2.69. The Bertz CT molecular complexity index is 522. The van der Waals surface area contributed by atoms with Crippen molar-refractivity contribution in [2.75, 3.05) is 38.8 Å². The Labute approximate surface area is 127 Å². The quantitative estimate of drug-likeness (QED) is 0.821. The van der Waals surface area contributed by atoms with Crippen LogP contribution in [0.5, 0.6) is 11.5 Å².